The molecule has 4 heteroatoms. The summed E-state index contributed by atoms with van der Waals surface area (Å²) in [5, 5.41) is 9.24. The Bertz CT molecular complexity index is 914. The fourth-order valence-corrected chi connectivity index (χ4v) is 3.32. The predicted molar refractivity (Wildman–Crippen MR) is 137 cm³/mol. The normalized spacial score (nSPS) is 13.1. The molecule has 0 radical (unpaired) electrons. The Balaban J connectivity index is 2.58. The average Bonchev–Trinajstić information content (AvgIpc) is 2.72. The first-order valence-corrected chi connectivity index (χ1v) is 11.8. The van der Waals surface area contributed by atoms with Crippen molar-refractivity contribution in [2.45, 2.75) is 80.1 Å². The van der Waals surface area contributed by atoms with Gasteiger partial charge in [0, 0.05) is 6.92 Å². The van der Waals surface area contributed by atoms with Gasteiger partial charge in [0.25, 0.3) is 0 Å². The lowest BCUT2D eigenvalue weighted by atomic mass is 10.0. The largest absolute Gasteiger partial charge is 0.478 e. The van der Waals surface area contributed by atoms with E-state index in [1.807, 2.05) is 0 Å². The SMILES string of the molecule is CC(=O)Oc1ccc(C(=O)O)cc1C/C=C(\C)CC/C=C(\C)CC/C=C(\C)C/C=C/C(C)C. The van der Waals surface area contributed by atoms with Crippen LogP contribution in [0.3, 0.4) is 0 Å². The molecule has 0 bridgehead atoms. The second-order valence-corrected chi connectivity index (χ2v) is 9.03. The summed E-state index contributed by atoms with van der Waals surface area (Å²) in [7, 11) is 0. The molecule has 0 atom stereocenters. The summed E-state index contributed by atoms with van der Waals surface area (Å²) in [5.74, 6) is -0.400. The molecule has 0 heterocycles. The number of carbonyl (C=O) groups excluding carboxylic acids is 1. The van der Waals surface area contributed by atoms with Crippen molar-refractivity contribution in [3.05, 3.63) is 76.4 Å². The van der Waals surface area contributed by atoms with E-state index in [2.05, 4.69) is 65.0 Å². The van der Waals surface area contributed by atoms with Crippen molar-refractivity contribution < 1.29 is 19.4 Å². The van der Waals surface area contributed by atoms with Crippen LogP contribution in [0.15, 0.2) is 65.3 Å². The highest BCUT2D eigenvalue weighted by atomic mass is 16.5. The number of carbonyl (C=O) groups is 2. The van der Waals surface area contributed by atoms with Crippen LogP contribution < -0.4 is 4.74 Å². The van der Waals surface area contributed by atoms with Crippen molar-refractivity contribution in [2.24, 2.45) is 5.92 Å². The molecular formula is C29H40O4. The third-order valence-corrected chi connectivity index (χ3v) is 5.26. The van der Waals surface area contributed by atoms with Crippen LogP contribution in [0.25, 0.3) is 0 Å². The van der Waals surface area contributed by atoms with Gasteiger partial charge in [-0.05, 0) is 89.0 Å². The summed E-state index contributed by atoms with van der Waals surface area (Å²) in [6.45, 7) is 12.2. The maximum atomic E-state index is 11.3. The number of esters is 1. The molecule has 0 saturated carbocycles. The summed E-state index contributed by atoms with van der Waals surface area (Å²) < 4.78 is 5.23. The van der Waals surface area contributed by atoms with Crippen LogP contribution in [-0.2, 0) is 11.2 Å². The van der Waals surface area contributed by atoms with E-state index in [4.69, 9.17) is 4.74 Å². The summed E-state index contributed by atoms with van der Waals surface area (Å²) in [4.78, 5) is 22.6. The summed E-state index contributed by atoms with van der Waals surface area (Å²) in [6.07, 6.45) is 16.8. The Hall–Kier alpha value is -2.88. The lowest BCUT2D eigenvalue weighted by Crippen LogP contribution is -2.05. The minimum Gasteiger partial charge on any atom is -0.478 e. The predicted octanol–water partition coefficient (Wildman–Crippen LogP) is 7.85. The molecule has 0 unspecified atom stereocenters. The first-order chi connectivity index (χ1) is 15.6. The van der Waals surface area contributed by atoms with E-state index in [0.29, 0.717) is 23.7 Å². The highest BCUT2D eigenvalue weighted by Crippen LogP contribution is 2.23. The number of benzene rings is 1. The Morgan fingerprint density at radius 2 is 1.55 bits per heavy atom. The van der Waals surface area contributed by atoms with Gasteiger partial charge in [-0.1, -0.05) is 60.9 Å². The maximum absolute atomic E-state index is 11.3. The van der Waals surface area contributed by atoms with Crippen molar-refractivity contribution in [3.8, 4) is 5.75 Å². The number of carboxylic acids is 1. The van der Waals surface area contributed by atoms with E-state index in [1.165, 1.54) is 29.7 Å². The van der Waals surface area contributed by atoms with E-state index < -0.39 is 11.9 Å². The number of aromatic carboxylic acids is 1. The van der Waals surface area contributed by atoms with Crippen LogP contribution in [0.5, 0.6) is 5.75 Å². The van der Waals surface area contributed by atoms with Gasteiger partial charge in [-0.3, -0.25) is 4.79 Å². The lowest BCUT2D eigenvalue weighted by molar-refractivity contribution is -0.131. The topological polar surface area (TPSA) is 63.6 Å². The highest BCUT2D eigenvalue weighted by molar-refractivity contribution is 5.88. The third kappa shape index (κ3) is 12.7. The van der Waals surface area contributed by atoms with E-state index in [9.17, 15) is 14.7 Å². The van der Waals surface area contributed by atoms with Gasteiger partial charge in [0.2, 0.25) is 0 Å². The van der Waals surface area contributed by atoms with Gasteiger partial charge in [-0.15, -0.1) is 0 Å². The number of allylic oxidation sites excluding steroid dienone is 8. The van der Waals surface area contributed by atoms with E-state index in [0.717, 1.165) is 32.1 Å². The van der Waals surface area contributed by atoms with Gasteiger partial charge in [-0.25, -0.2) is 4.79 Å². The number of hydrogen-bond acceptors (Lipinski definition) is 3. The van der Waals surface area contributed by atoms with E-state index in [-0.39, 0.29) is 5.56 Å². The average molecular weight is 453 g/mol. The first kappa shape index (κ1) is 28.2. The molecular weight excluding hydrogens is 412 g/mol. The number of rotatable bonds is 13. The van der Waals surface area contributed by atoms with Crippen LogP contribution in [0.1, 0.15) is 89.6 Å². The number of carboxylic acid groups (broad SMARTS) is 1. The minimum atomic E-state index is -0.996. The molecule has 1 aromatic rings. The molecule has 0 aliphatic heterocycles. The molecule has 4 nitrogen and oxygen atoms in total. The zero-order chi connectivity index (χ0) is 24.8. The van der Waals surface area contributed by atoms with Gasteiger partial charge in [-0.2, -0.15) is 0 Å². The molecule has 180 valence electrons. The molecule has 0 fully saturated rings. The monoisotopic (exact) mass is 452 g/mol. The smallest absolute Gasteiger partial charge is 0.335 e. The quantitative estimate of drug-likeness (QED) is 0.188. The Morgan fingerprint density at radius 3 is 2.12 bits per heavy atom. The Labute approximate surface area is 199 Å². The second kappa shape index (κ2) is 15.0. The molecule has 1 rings (SSSR count). The minimum absolute atomic E-state index is 0.186. The molecule has 1 N–H and O–H groups in total. The molecule has 33 heavy (non-hydrogen) atoms. The first-order valence-electron chi connectivity index (χ1n) is 11.8. The number of ether oxygens (including phenoxy) is 1. The van der Waals surface area contributed by atoms with Crippen LogP contribution in [0, 0.1) is 5.92 Å². The molecule has 0 aliphatic carbocycles. The van der Waals surface area contributed by atoms with Crippen molar-refractivity contribution in [2.75, 3.05) is 0 Å². The highest BCUT2D eigenvalue weighted by Gasteiger charge is 2.10. The van der Waals surface area contributed by atoms with Crippen molar-refractivity contribution in [1.29, 1.82) is 0 Å². The van der Waals surface area contributed by atoms with Crippen LogP contribution in [0.2, 0.25) is 0 Å². The Morgan fingerprint density at radius 1 is 0.939 bits per heavy atom. The van der Waals surface area contributed by atoms with Crippen LogP contribution in [0.4, 0.5) is 0 Å². The van der Waals surface area contributed by atoms with Gasteiger partial charge < -0.3 is 9.84 Å². The maximum Gasteiger partial charge on any atom is 0.335 e. The molecule has 0 aromatic heterocycles. The van der Waals surface area contributed by atoms with Crippen molar-refractivity contribution in [3.63, 3.8) is 0 Å². The van der Waals surface area contributed by atoms with Crippen LogP contribution in [-0.4, -0.2) is 17.0 Å². The molecule has 0 aliphatic rings. The summed E-state index contributed by atoms with van der Waals surface area (Å²) in [5.41, 5.74) is 4.92. The molecule has 1 aromatic carbocycles. The Kier molecular flexibility index (Phi) is 12.8. The van der Waals surface area contributed by atoms with E-state index >= 15 is 0 Å². The van der Waals surface area contributed by atoms with Gasteiger partial charge in [0.15, 0.2) is 0 Å². The van der Waals surface area contributed by atoms with Gasteiger partial charge in [0.05, 0.1) is 5.56 Å². The van der Waals surface area contributed by atoms with Crippen LogP contribution >= 0.6 is 0 Å². The molecule has 0 amide bonds. The van der Waals surface area contributed by atoms with Crippen molar-refractivity contribution in [1.82, 2.24) is 0 Å². The summed E-state index contributed by atoms with van der Waals surface area (Å²) in [6, 6.07) is 4.57. The van der Waals surface area contributed by atoms with Crippen molar-refractivity contribution >= 4 is 11.9 Å². The third-order valence-electron chi connectivity index (χ3n) is 5.26. The molecule has 0 saturated heterocycles. The zero-order valence-electron chi connectivity index (χ0n) is 21.1. The second-order valence-electron chi connectivity index (χ2n) is 9.03. The molecule has 0 spiro atoms. The summed E-state index contributed by atoms with van der Waals surface area (Å²) >= 11 is 0. The fourth-order valence-electron chi connectivity index (χ4n) is 3.32. The fraction of sp³-hybridized carbons (Fsp3) is 0.448. The van der Waals surface area contributed by atoms with Gasteiger partial charge in [0.1, 0.15) is 5.75 Å². The van der Waals surface area contributed by atoms with E-state index in [1.54, 1.807) is 12.1 Å². The lowest BCUT2D eigenvalue weighted by Gasteiger charge is -2.09. The zero-order valence-corrected chi connectivity index (χ0v) is 21.1. The number of hydrogen-bond donors (Lipinski definition) is 1. The van der Waals surface area contributed by atoms with Gasteiger partial charge >= 0.3 is 11.9 Å². The standard InChI is InChI=1S/C29H40O4/c1-21(2)10-7-11-22(3)12-8-13-23(4)14-9-15-24(5)16-17-26-20-27(29(31)32)18-19-28(26)33-25(6)30/h7,10,12,14,16,18-21H,8-9,11,13,15,17H2,1-6H3,(H,31,32)/b10-7+,22-12+,23-14+,24-16+.